The zero-order valence-electron chi connectivity index (χ0n) is 13.3. The van der Waals surface area contributed by atoms with E-state index in [1.807, 2.05) is 30.3 Å². The second-order valence-electron chi connectivity index (χ2n) is 7.00. The van der Waals surface area contributed by atoms with Gasteiger partial charge in [0.25, 0.3) is 0 Å². The van der Waals surface area contributed by atoms with Crippen LogP contribution in [0.5, 0.6) is 0 Å². The standard InChI is InChI=1S/C19H20N2O3/c20-17(22)14(10-11-4-2-1-3-5-11)21-18(23)15-12-6-7-13(9-8-12)16(15)19(21)24/h1-7,12-16H,8-10H2,(H2,20,22). The van der Waals surface area contributed by atoms with E-state index < -0.39 is 11.9 Å². The van der Waals surface area contributed by atoms with Crippen LogP contribution in [-0.2, 0) is 20.8 Å². The van der Waals surface area contributed by atoms with Crippen molar-refractivity contribution in [2.45, 2.75) is 25.3 Å². The van der Waals surface area contributed by atoms with Crippen LogP contribution in [-0.4, -0.2) is 28.7 Å². The number of carbonyl (C=O) groups is 3. The van der Waals surface area contributed by atoms with Crippen LogP contribution in [0.25, 0.3) is 0 Å². The minimum Gasteiger partial charge on any atom is -0.368 e. The summed E-state index contributed by atoms with van der Waals surface area (Å²) in [7, 11) is 0. The topological polar surface area (TPSA) is 80.5 Å². The van der Waals surface area contributed by atoms with Gasteiger partial charge < -0.3 is 5.73 Å². The number of carbonyl (C=O) groups excluding carboxylic acids is 3. The maximum Gasteiger partial charge on any atom is 0.241 e. The maximum absolute atomic E-state index is 12.9. The SMILES string of the molecule is NC(=O)C(Cc1ccccc1)N1C(=O)C2C3C=CC(CC3)C2C1=O. The average molecular weight is 324 g/mol. The van der Waals surface area contributed by atoms with Gasteiger partial charge in [0, 0.05) is 6.42 Å². The highest BCUT2D eigenvalue weighted by molar-refractivity contribution is 6.09. The van der Waals surface area contributed by atoms with Crippen molar-refractivity contribution in [2.24, 2.45) is 29.4 Å². The van der Waals surface area contributed by atoms with Gasteiger partial charge in [0.1, 0.15) is 6.04 Å². The van der Waals surface area contributed by atoms with Crippen molar-refractivity contribution >= 4 is 17.7 Å². The Kier molecular flexibility index (Phi) is 3.52. The molecule has 2 fully saturated rings. The fourth-order valence-corrected chi connectivity index (χ4v) is 4.56. The summed E-state index contributed by atoms with van der Waals surface area (Å²) < 4.78 is 0. The molecule has 1 heterocycles. The maximum atomic E-state index is 12.9. The number of amides is 3. The number of allylic oxidation sites excluding steroid dienone is 2. The Labute approximate surface area is 140 Å². The summed E-state index contributed by atoms with van der Waals surface area (Å²) in [5.74, 6) is -1.44. The quantitative estimate of drug-likeness (QED) is 0.669. The van der Waals surface area contributed by atoms with Gasteiger partial charge in [-0.25, -0.2) is 0 Å². The second-order valence-corrected chi connectivity index (χ2v) is 7.00. The molecule has 1 saturated carbocycles. The van der Waals surface area contributed by atoms with Crippen molar-refractivity contribution in [1.29, 1.82) is 0 Å². The second kappa shape index (κ2) is 5.58. The molecule has 0 radical (unpaired) electrons. The zero-order chi connectivity index (χ0) is 16.8. The van der Waals surface area contributed by atoms with Crippen molar-refractivity contribution in [3.63, 3.8) is 0 Å². The van der Waals surface area contributed by atoms with Crippen LogP contribution in [0.15, 0.2) is 42.5 Å². The number of nitrogens with zero attached hydrogens (tertiary/aromatic N) is 1. The first kappa shape index (κ1) is 15.1. The first-order valence-corrected chi connectivity index (χ1v) is 8.46. The number of fused-ring (bicyclic) bond motifs is 1. The van der Waals surface area contributed by atoms with Gasteiger partial charge >= 0.3 is 0 Å². The Bertz CT molecular complexity index is 695. The third kappa shape index (κ3) is 2.19. The van der Waals surface area contributed by atoms with E-state index in [2.05, 4.69) is 12.2 Å². The van der Waals surface area contributed by atoms with E-state index >= 15 is 0 Å². The molecule has 124 valence electrons. The fraction of sp³-hybridized carbons (Fsp3) is 0.421. The lowest BCUT2D eigenvalue weighted by atomic mass is 9.63. The third-order valence-electron chi connectivity index (χ3n) is 5.71. The fourth-order valence-electron chi connectivity index (χ4n) is 4.56. The molecular weight excluding hydrogens is 304 g/mol. The van der Waals surface area contributed by atoms with Gasteiger partial charge in [0.05, 0.1) is 11.8 Å². The monoisotopic (exact) mass is 324 g/mol. The van der Waals surface area contributed by atoms with Crippen LogP contribution < -0.4 is 5.73 Å². The summed E-state index contributed by atoms with van der Waals surface area (Å²) in [5.41, 5.74) is 6.45. The number of hydrogen-bond donors (Lipinski definition) is 1. The number of nitrogens with two attached hydrogens (primary N) is 1. The molecule has 24 heavy (non-hydrogen) atoms. The molecule has 5 heteroatoms. The van der Waals surface area contributed by atoms with Crippen LogP contribution in [0.1, 0.15) is 18.4 Å². The lowest BCUT2D eigenvalue weighted by Gasteiger charge is -2.38. The van der Waals surface area contributed by atoms with Gasteiger partial charge in [-0.3, -0.25) is 19.3 Å². The van der Waals surface area contributed by atoms with Gasteiger partial charge in [0.15, 0.2) is 0 Å². The van der Waals surface area contributed by atoms with Crippen LogP contribution in [0.4, 0.5) is 0 Å². The molecular formula is C19H20N2O3. The van der Waals surface area contributed by atoms with E-state index in [0.29, 0.717) is 0 Å². The summed E-state index contributed by atoms with van der Waals surface area (Å²) >= 11 is 0. The highest BCUT2D eigenvalue weighted by Crippen LogP contribution is 2.50. The molecule has 0 spiro atoms. The van der Waals surface area contributed by atoms with Gasteiger partial charge in [-0.15, -0.1) is 0 Å². The van der Waals surface area contributed by atoms with Crippen molar-refractivity contribution in [1.82, 2.24) is 4.90 Å². The van der Waals surface area contributed by atoms with E-state index in [1.165, 1.54) is 4.90 Å². The Hall–Kier alpha value is -2.43. The highest BCUT2D eigenvalue weighted by Gasteiger charge is 2.58. The average Bonchev–Trinajstić information content (AvgIpc) is 2.88. The Morgan fingerprint density at radius 2 is 1.58 bits per heavy atom. The van der Waals surface area contributed by atoms with Crippen LogP contribution in [0.2, 0.25) is 0 Å². The summed E-state index contributed by atoms with van der Waals surface area (Å²) in [4.78, 5) is 39.1. The summed E-state index contributed by atoms with van der Waals surface area (Å²) in [5, 5.41) is 0. The van der Waals surface area contributed by atoms with E-state index in [9.17, 15) is 14.4 Å². The van der Waals surface area contributed by atoms with E-state index in [-0.39, 0.29) is 41.9 Å². The molecule has 3 aliphatic carbocycles. The highest BCUT2D eigenvalue weighted by atomic mass is 16.2. The predicted molar refractivity (Wildman–Crippen MR) is 87.3 cm³/mol. The first-order valence-electron chi connectivity index (χ1n) is 8.46. The lowest BCUT2D eigenvalue weighted by molar-refractivity contribution is -0.147. The molecule has 2 N–H and O–H groups in total. The molecule has 1 aromatic rings. The minimum absolute atomic E-state index is 0.117. The molecule has 2 bridgehead atoms. The summed E-state index contributed by atoms with van der Waals surface area (Å²) in [6, 6.07) is 8.46. The van der Waals surface area contributed by atoms with Crippen molar-refractivity contribution < 1.29 is 14.4 Å². The van der Waals surface area contributed by atoms with Crippen molar-refractivity contribution in [3.8, 4) is 0 Å². The summed E-state index contributed by atoms with van der Waals surface area (Å²) in [6.07, 6.45) is 6.29. The van der Waals surface area contributed by atoms with Crippen LogP contribution in [0.3, 0.4) is 0 Å². The molecule has 5 nitrogen and oxygen atoms in total. The molecule has 0 aromatic heterocycles. The van der Waals surface area contributed by atoms with E-state index in [1.54, 1.807) is 0 Å². The Morgan fingerprint density at radius 3 is 2.04 bits per heavy atom. The smallest absolute Gasteiger partial charge is 0.241 e. The zero-order valence-corrected chi connectivity index (χ0v) is 13.3. The molecule has 1 aliphatic heterocycles. The molecule has 1 aromatic carbocycles. The molecule has 1 saturated heterocycles. The minimum atomic E-state index is -0.905. The molecule has 5 unspecified atom stereocenters. The van der Waals surface area contributed by atoms with Gasteiger partial charge in [0.2, 0.25) is 17.7 Å². The van der Waals surface area contributed by atoms with Crippen molar-refractivity contribution in [2.75, 3.05) is 0 Å². The van der Waals surface area contributed by atoms with Gasteiger partial charge in [-0.1, -0.05) is 42.5 Å². The number of benzene rings is 1. The summed E-state index contributed by atoms with van der Waals surface area (Å²) in [6.45, 7) is 0. The number of likely N-dealkylation sites (tertiary alicyclic amines) is 1. The van der Waals surface area contributed by atoms with Gasteiger partial charge in [-0.05, 0) is 30.2 Å². The lowest BCUT2D eigenvalue weighted by Crippen LogP contribution is -2.49. The number of imide groups is 1. The largest absolute Gasteiger partial charge is 0.368 e. The molecule has 3 amide bonds. The van der Waals surface area contributed by atoms with E-state index in [0.717, 1.165) is 18.4 Å². The third-order valence-corrected chi connectivity index (χ3v) is 5.71. The molecule has 5 atom stereocenters. The van der Waals surface area contributed by atoms with Crippen molar-refractivity contribution in [3.05, 3.63) is 48.0 Å². The number of rotatable bonds is 4. The predicted octanol–water partition coefficient (Wildman–Crippen LogP) is 1.28. The van der Waals surface area contributed by atoms with Crippen LogP contribution in [0, 0.1) is 23.7 Å². The Morgan fingerprint density at radius 1 is 1.04 bits per heavy atom. The number of primary amides is 1. The first-order chi connectivity index (χ1) is 11.6. The normalized spacial score (nSPS) is 32.1. The van der Waals surface area contributed by atoms with E-state index in [4.69, 9.17) is 5.73 Å². The molecule has 4 aliphatic rings. The molecule has 5 rings (SSSR count). The number of hydrogen-bond acceptors (Lipinski definition) is 3. The van der Waals surface area contributed by atoms with Gasteiger partial charge in [-0.2, -0.15) is 0 Å². The Balaban J connectivity index is 1.66. The van der Waals surface area contributed by atoms with Crippen LogP contribution >= 0.6 is 0 Å².